The lowest BCUT2D eigenvalue weighted by atomic mass is 10.0. The van der Waals surface area contributed by atoms with Crippen molar-refractivity contribution < 1.29 is 9.72 Å². The first kappa shape index (κ1) is 15.1. The first-order valence-electron chi connectivity index (χ1n) is 6.36. The van der Waals surface area contributed by atoms with E-state index in [0.717, 1.165) is 19.3 Å². The number of piperidine rings is 1. The Morgan fingerprint density at radius 1 is 1.40 bits per heavy atom. The second-order valence-corrected chi connectivity index (χ2v) is 5.68. The van der Waals surface area contributed by atoms with Crippen LogP contribution in [-0.4, -0.2) is 28.3 Å². The predicted octanol–water partition coefficient (Wildman–Crippen LogP) is 3.92. The maximum absolute atomic E-state index is 12.5. The van der Waals surface area contributed by atoms with Crippen molar-refractivity contribution in [1.82, 2.24) is 4.90 Å². The summed E-state index contributed by atoms with van der Waals surface area (Å²) in [5, 5.41) is 10.8. The molecule has 0 N–H and O–H groups in total. The Kier molecular flexibility index (Phi) is 4.50. The van der Waals surface area contributed by atoms with Crippen molar-refractivity contribution in [3.05, 3.63) is 37.9 Å². The van der Waals surface area contributed by atoms with Gasteiger partial charge in [0.15, 0.2) is 0 Å². The fraction of sp³-hybridized carbons (Fsp3) is 0.462. The molecule has 1 saturated heterocycles. The highest BCUT2D eigenvalue weighted by Crippen LogP contribution is 2.34. The van der Waals surface area contributed by atoms with Gasteiger partial charge in [-0.1, -0.05) is 23.2 Å². The van der Waals surface area contributed by atoms with Crippen LogP contribution >= 0.6 is 23.2 Å². The van der Waals surface area contributed by atoms with E-state index in [0.29, 0.717) is 6.54 Å². The van der Waals surface area contributed by atoms with E-state index in [9.17, 15) is 14.9 Å². The number of likely N-dealkylation sites (tertiary alicyclic amines) is 1. The molecule has 1 amide bonds. The number of rotatable bonds is 2. The van der Waals surface area contributed by atoms with Crippen molar-refractivity contribution in [2.45, 2.75) is 32.2 Å². The lowest BCUT2D eigenvalue weighted by molar-refractivity contribution is -0.384. The van der Waals surface area contributed by atoms with E-state index in [4.69, 9.17) is 23.2 Å². The third-order valence-electron chi connectivity index (χ3n) is 3.52. The Morgan fingerprint density at radius 2 is 2.10 bits per heavy atom. The molecule has 20 heavy (non-hydrogen) atoms. The van der Waals surface area contributed by atoms with Gasteiger partial charge in [-0.3, -0.25) is 14.9 Å². The fourth-order valence-corrected chi connectivity index (χ4v) is 2.79. The number of carbonyl (C=O) groups is 1. The first-order valence-corrected chi connectivity index (χ1v) is 7.12. The minimum Gasteiger partial charge on any atom is -0.336 e. The number of nitro groups is 1. The molecule has 1 aliphatic heterocycles. The molecule has 1 unspecified atom stereocenters. The van der Waals surface area contributed by atoms with Gasteiger partial charge in [0.2, 0.25) is 0 Å². The normalized spacial score (nSPS) is 18.9. The van der Waals surface area contributed by atoms with Gasteiger partial charge in [-0.15, -0.1) is 0 Å². The second kappa shape index (κ2) is 5.97. The first-order chi connectivity index (χ1) is 9.41. The highest BCUT2D eigenvalue weighted by molar-refractivity contribution is 6.43. The van der Waals surface area contributed by atoms with Crippen molar-refractivity contribution in [1.29, 1.82) is 0 Å². The quantitative estimate of drug-likeness (QED) is 0.613. The van der Waals surface area contributed by atoms with Crippen LogP contribution in [0.1, 0.15) is 36.5 Å². The second-order valence-electron chi connectivity index (χ2n) is 4.89. The van der Waals surface area contributed by atoms with Gasteiger partial charge in [-0.05, 0) is 32.3 Å². The van der Waals surface area contributed by atoms with E-state index in [1.54, 1.807) is 4.90 Å². The zero-order valence-electron chi connectivity index (χ0n) is 10.9. The summed E-state index contributed by atoms with van der Waals surface area (Å²) >= 11 is 11.7. The molecule has 5 nitrogen and oxygen atoms in total. The van der Waals surface area contributed by atoms with Crippen LogP contribution in [0.15, 0.2) is 12.1 Å². The number of halogens is 2. The van der Waals surface area contributed by atoms with Crippen LogP contribution in [0.25, 0.3) is 0 Å². The molecule has 1 aromatic rings. The summed E-state index contributed by atoms with van der Waals surface area (Å²) in [5.41, 5.74) is -0.132. The van der Waals surface area contributed by atoms with Crippen LogP contribution in [0.5, 0.6) is 0 Å². The number of nitrogens with zero attached hydrogens (tertiary/aromatic N) is 2. The van der Waals surface area contributed by atoms with Gasteiger partial charge in [0.05, 0.1) is 9.95 Å². The van der Waals surface area contributed by atoms with Crippen molar-refractivity contribution in [2.75, 3.05) is 6.54 Å². The third kappa shape index (κ3) is 2.88. The molecule has 1 heterocycles. The van der Waals surface area contributed by atoms with Gasteiger partial charge < -0.3 is 4.90 Å². The highest BCUT2D eigenvalue weighted by Gasteiger charge is 2.27. The van der Waals surface area contributed by atoms with Gasteiger partial charge in [0, 0.05) is 24.2 Å². The lowest BCUT2D eigenvalue weighted by Crippen LogP contribution is -2.42. The predicted molar refractivity (Wildman–Crippen MR) is 77.5 cm³/mol. The van der Waals surface area contributed by atoms with Crippen LogP contribution in [0.3, 0.4) is 0 Å². The van der Waals surface area contributed by atoms with E-state index in [1.807, 2.05) is 6.92 Å². The number of nitro benzene ring substituents is 1. The summed E-state index contributed by atoms with van der Waals surface area (Å²) in [7, 11) is 0. The minimum atomic E-state index is -0.634. The van der Waals surface area contributed by atoms with Crippen LogP contribution in [0.4, 0.5) is 5.69 Å². The summed E-state index contributed by atoms with van der Waals surface area (Å²) in [4.78, 5) is 24.5. The number of hydrogen-bond donors (Lipinski definition) is 0. The molecule has 1 fully saturated rings. The molecule has 1 aliphatic rings. The largest absolute Gasteiger partial charge is 0.336 e. The van der Waals surface area contributed by atoms with E-state index < -0.39 is 4.92 Å². The van der Waals surface area contributed by atoms with Gasteiger partial charge in [-0.25, -0.2) is 0 Å². The van der Waals surface area contributed by atoms with E-state index in [2.05, 4.69) is 0 Å². The molecule has 0 radical (unpaired) electrons. The highest BCUT2D eigenvalue weighted by atomic mass is 35.5. The molecule has 7 heteroatoms. The van der Waals surface area contributed by atoms with Crippen molar-refractivity contribution in [3.8, 4) is 0 Å². The third-order valence-corrected chi connectivity index (χ3v) is 4.31. The summed E-state index contributed by atoms with van der Waals surface area (Å²) in [6.45, 7) is 2.64. The number of benzene rings is 1. The average Bonchev–Trinajstić information content (AvgIpc) is 2.41. The molecule has 2 rings (SSSR count). The summed E-state index contributed by atoms with van der Waals surface area (Å²) in [6.07, 6.45) is 2.97. The summed E-state index contributed by atoms with van der Waals surface area (Å²) in [5.74, 6) is -0.237. The van der Waals surface area contributed by atoms with Crippen LogP contribution in [0, 0.1) is 10.1 Å². The van der Waals surface area contributed by atoms with Gasteiger partial charge >= 0.3 is 0 Å². The molecule has 1 atom stereocenters. The number of hydrogen-bond acceptors (Lipinski definition) is 3. The zero-order valence-corrected chi connectivity index (χ0v) is 12.4. The Morgan fingerprint density at radius 3 is 2.70 bits per heavy atom. The fourth-order valence-electron chi connectivity index (χ4n) is 2.40. The smallest absolute Gasteiger partial charge is 0.290 e. The number of amides is 1. The Balaban J connectivity index is 2.37. The van der Waals surface area contributed by atoms with E-state index in [-0.39, 0.29) is 33.2 Å². The van der Waals surface area contributed by atoms with Crippen molar-refractivity contribution in [3.63, 3.8) is 0 Å². The lowest BCUT2D eigenvalue weighted by Gasteiger charge is -2.33. The molecule has 0 aromatic heterocycles. The van der Waals surface area contributed by atoms with Gasteiger partial charge in [-0.2, -0.15) is 0 Å². The Hall–Kier alpha value is -1.33. The van der Waals surface area contributed by atoms with E-state index >= 15 is 0 Å². The van der Waals surface area contributed by atoms with Gasteiger partial charge in [0.25, 0.3) is 11.6 Å². The maximum atomic E-state index is 12.5. The zero-order chi connectivity index (χ0) is 14.9. The average molecular weight is 317 g/mol. The van der Waals surface area contributed by atoms with Gasteiger partial charge in [0.1, 0.15) is 5.02 Å². The number of carbonyl (C=O) groups excluding carboxylic acids is 1. The SMILES string of the molecule is CC1CCCCN1C(=O)c1cc(Cl)c(Cl)c([N+](=O)[O-])c1. The van der Waals surface area contributed by atoms with Crippen molar-refractivity contribution >= 4 is 34.8 Å². The van der Waals surface area contributed by atoms with Crippen molar-refractivity contribution in [2.24, 2.45) is 0 Å². The van der Waals surface area contributed by atoms with E-state index in [1.165, 1.54) is 12.1 Å². The molecular formula is C13H14Cl2N2O3. The standard InChI is InChI=1S/C13H14Cl2N2O3/c1-8-4-2-3-5-16(8)13(18)9-6-10(14)12(15)11(7-9)17(19)20/h6-8H,2-5H2,1H3. The van der Waals surface area contributed by atoms with Crippen LogP contribution in [-0.2, 0) is 0 Å². The van der Waals surface area contributed by atoms with Crippen LogP contribution in [0.2, 0.25) is 10.0 Å². The Bertz CT molecular complexity index is 563. The summed E-state index contributed by atoms with van der Waals surface area (Å²) < 4.78 is 0. The van der Waals surface area contributed by atoms with Crippen LogP contribution < -0.4 is 0 Å². The molecule has 108 valence electrons. The topological polar surface area (TPSA) is 63.5 Å². The molecule has 1 aromatic carbocycles. The Labute approximate surface area is 126 Å². The monoisotopic (exact) mass is 316 g/mol. The molecule has 0 aliphatic carbocycles. The molecule has 0 bridgehead atoms. The minimum absolute atomic E-state index is 0.0221. The molecule has 0 saturated carbocycles. The molecular weight excluding hydrogens is 303 g/mol. The molecule has 0 spiro atoms. The maximum Gasteiger partial charge on any atom is 0.290 e. The summed E-state index contributed by atoms with van der Waals surface area (Å²) in [6, 6.07) is 2.71.